The lowest BCUT2D eigenvalue weighted by molar-refractivity contribution is -0.130. The van der Waals surface area contributed by atoms with Crippen molar-refractivity contribution in [2.24, 2.45) is 0 Å². The van der Waals surface area contributed by atoms with Crippen LogP contribution in [0.15, 0.2) is 18.2 Å². The summed E-state index contributed by atoms with van der Waals surface area (Å²) in [7, 11) is -3.18. The first-order valence-electron chi connectivity index (χ1n) is 7.78. The maximum atomic E-state index is 12.8. The first-order valence-corrected chi connectivity index (χ1v) is 9.84. The molecule has 1 saturated heterocycles. The number of nitrogens with zero attached hydrogens (tertiary/aromatic N) is 1. The van der Waals surface area contributed by atoms with Crippen LogP contribution in [-0.2, 0) is 14.6 Å². The molecule has 5 nitrogen and oxygen atoms in total. The Morgan fingerprint density at radius 3 is 2.61 bits per heavy atom. The predicted octanol–water partition coefficient (Wildman–Crippen LogP) is 1.91. The maximum Gasteiger partial charge on any atom is 0.224 e. The van der Waals surface area contributed by atoms with E-state index in [1.54, 1.807) is 4.90 Å². The van der Waals surface area contributed by atoms with Gasteiger partial charge < -0.3 is 4.90 Å². The molecule has 126 valence electrons. The topological polar surface area (TPSA) is 71.5 Å². The number of likely N-dealkylation sites (tertiary alicyclic amines) is 1. The van der Waals surface area contributed by atoms with Gasteiger partial charge in [-0.2, -0.15) is 0 Å². The van der Waals surface area contributed by atoms with Crippen LogP contribution >= 0.6 is 0 Å². The van der Waals surface area contributed by atoms with Crippen molar-refractivity contribution < 1.29 is 18.0 Å². The van der Waals surface area contributed by atoms with Crippen LogP contribution in [0, 0.1) is 13.8 Å². The van der Waals surface area contributed by atoms with Gasteiger partial charge in [0, 0.05) is 24.8 Å². The molecule has 1 aliphatic heterocycles. The summed E-state index contributed by atoms with van der Waals surface area (Å²) in [5, 5.41) is 0. The number of carbonyl (C=O) groups is 2. The molecular weight excluding hydrogens is 314 g/mol. The van der Waals surface area contributed by atoms with Crippen LogP contribution in [0.3, 0.4) is 0 Å². The molecular formula is C17H23NO4S. The zero-order valence-electron chi connectivity index (χ0n) is 13.8. The van der Waals surface area contributed by atoms with Gasteiger partial charge >= 0.3 is 0 Å². The van der Waals surface area contributed by atoms with Gasteiger partial charge in [-0.1, -0.05) is 17.7 Å². The number of aryl methyl sites for hydroxylation is 2. The van der Waals surface area contributed by atoms with Gasteiger partial charge in [0.2, 0.25) is 5.91 Å². The average molecular weight is 337 g/mol. The van der Waals surface area contributed by atoms with Gasteiger partial charge in [-0.25, -0.2) is 8.42 Å². The molecule has 6 heteroatoms. The highest BCUT2D eigenvalue weighted by molar-refractivity contribution is 7.90. The van der Waals surface area contributed by atoms with Crippen molar-refractivity contribution in [1.82, 2.24) is 4.90 Å². The highest BCUT2D eigenvalue weighted by Crippen LogP contribution is 2.24. The van der Waals surface area contributed by atoms with Crippen LogP contribution in [0.4, 0.5) is 0 Å². The molecule has 1 fully saturated rings. The number of hydrogen-bond acceptors (Lipinski definition) is 4. The highest BCUT2D eigenvalue weighted by Gasteiger charge is 2.34. The fraction of sp³-hybridized carbons (Fsp3) is 0.529. The molecule has 0 spiro atoms. The Hall–Kier alpha value is -1.69. The minimum atomic E-state index is -3.18. The fourth-order valence-electron chi connectivity index (χ4n) is 2.93. The quantitative estimate of drug-likeness (QED) is 0.770. The first kappa shape index (κ1) is 17.7. The monoisotopic (exact) mass is 337 g/mol. The van der Waals surface area contributed by atoms with Crippen LogP contribution in [-0.4, -0.2) is 49.6 Å². The SMILES string of the molecule is Cc1ccc(C)c(C(=O)C2CCCN2C(=O)CCS(C)(=O)=O)c1. The number of Topliss-reactive ketones (excluding diaryl/α,β-unsaturated/α-hetero) is 1. The summed E-state index contributed by atoms with van der Waals surface area (Å²) in [6, 6.07) is 5.25. The summed E-state index contributed by atoms with van der Waals surface area (Å²) >= 11 is 0. The van der Waals surface area contributed by atoms with E-state index in [9.17, 15) is 18.0 Å². The standard InChI is InChI=1S/C17H23NO4S/c1-12-6-7-13(2)14(11-12)17(20)15-5-4-9-18(15)16(19)8-10-23(3,21)22/h6-7,11,15H,4-5,8-10H2,1-3H3. The van der Waals surface area contributed by atoms with Gasteiger partial charge in [-0.3, -0.25) is 9.59 Å². The minimum absolute atomic E-state index is 0.0450. The van der Waals surface area contributed by atoms with E-state index in [4.69, 9.17) is 0 Å². The normalized spacial score (nSPS) is 18.2. The lowest BCUT2D eigenvalue weighted by atomic mass is 9.96. The van der Waals surface area contributed by atoms with Crippen molar-refractivity contribution in [3.05, 3.63) is 34.9 Å². The number of rotatable bonds is 5. The highest BCUT2D eigenvalue weighted by atomic mass is 32.2. The molecule has 23 heavy (non-hydrogen) atoms. The summed E-state index contributed by atoms with van der Waals surface area (Å²) in [4.78, 5) is 26.7. The van der Waals surface area contributed by atoms with E-state index in [2.05, 4.69) is 0 Å². The van der Waals surface area contributed by atoms with Gasteiger partial charge in [0.1, 0.15) is 9.84 Å². The van der Waals surface area contributed by atoms with Crippen LogP contribution in [0.1, 0.15) is 40.7 Å². The lowest BCUT2D eigenvalue weighted by Crippen LogP contribution is -2.41. The van der Waals surface area contributed by atoms with E-state index in [1.165, 1.54) is 0 Å². The van der Waals surface area contributed by atoms with Gasteiger partial charge in [0.05, 0.1) is 11.8 Å². The molecule has 1 unspecified atom stereocenters. The van der Waals surface area contributed by atoms with Crippen LogP contribution in [0.5, 0.6) is 0 Å². The molecule has 1 heterocycles. The molecule has 0 N–H and O–H groups in total. The van der Waals surface area contributed by atoms with Crippen molar-refractivity contribution in [1.29, 1.82) is 0 Å². The van der Waals surface area contributed by atoms with E-state index >= 15 is 0 Å². The van der Waals surface area contributed by atoms with E-state index in [0.717, 1.165) is 23.8 Å². The third kappa shape index (κ3) is 4.41. The van der Waals surface area contributed by atoms with E-state index in [0.29, 0.717) is 18.5 Å². The molecule has 2 rings (SSSR count). The van der Waals surface area contributed by atoms with Crippen molar-refractivity contribution >= 4 is 21.5 Å². The Balaban J connectivity index is 2.16. The molecule has 0 aromatic heterocycles. The Morgan fingerprint density at radius 1 is 1.26 bits per heavy atom. The number of benzene rings is 1. The van der Waals surface area contributed by atoms with Crippen LogP contribution in [0.25, 0.3) is 0 Å². The van der Waals surface area contributed by atoms with Crippen LogP contribution in [0.2, 0.25) is 0 Å². The Kier molecular flexibility index (Phi) is 5.24. The second-order valence-electron chi connectivity index (χ2n) is 6.31. The summed E-state index contributed by atoms with van der Waals surface area (Å²) in [6.07, 6.45) is 2.46. The Bertz CT molecular complexity index is 724. The Labute approximate surface area is 137 Å². The van der Waals surface area contributed by atoms with Crippen molar-refractivity contribution in [3.63, 3.8) is 0 Å². The van der Waals surface area contributed by atoms with Crippen LogP contribution < -0.4 is 0 Å². The second kappa shape index (κ2) is 6.83. The van der Waals surface area contributed by atoms with Crippen molar-refractivity contribution in [2.75, 3.05) is 18.6 Å². The van der Waals surface area contributed by atoms with Gasteiger partial charge in [-0.15, -0.1) is 0 Å². The second-order valence-corrected chi connectivity index (χ2v) is 8.57. The smallest absolute Gasteiger partial charge is 0.224 e. The maximum absolute atomic E-state index is 12.8. The molecule has 0 aliphatic carbocycles. The van der Waals surface area contributed by atoms with Gasteiger partial charge in [-0.05, 0) is 38.3 Å². The third-order valence-corrected chi connectivity index (χ3v) is 5.17. The number of carbonyl (C=O) groups excluding carboxylic acids is 2. The van der Waals surface area contributed by atoms with Gasteiger partial charge in [0.25, 0.3) is 0 Å². The predicted molar refractivity (Wildman–Crippen MR) is 89.3 cm³/mol. The largest absolute Gasteiger partial charge is 0.332 e. The summed E-state index contributed by atoms with van der Waals surface area (Å²) in [5.41, 5.74) is 2.56. The molecule has 0 radical (unpaired) electrons. The van der Waals surface area contributed by atoms with E-state index in [1.807, 2.05) is 32.0 Å². The molecule has 0 saturated carbocycles. The lowest BCUT2D eigenvalue weighted by Gasteiger charge is -2.24. The summed E-state index contributed by atoms with van der Waals surface area (Å²) in [5.74, 6) is -0.472. The fourth-order valence-corrected chi connectivity index (χ4v) is 3.48. The van der Waals surface area contributed by atoms with Crippen molar-refractivity contribution in [3.8, 4) is 0 Å². The molecule has 0 bridgehead atoms. The zero-order valence-corrected chi connectivity index (χ0v) is 14.6. The molecule has 1 aromatic rings. The summed E-state index contributed by atoms with van der Waals surface area (Å²) < 4.78 is 22.5. The molecule has 1 atom stereocenters. The zero-order chi connectivity index (χ0) is 17.2. The molecule has 1 aromatic carbocycles. The Morgan fingerprint density at radius 2 is 1.96 bits per heavy atom. The molecule has 1 amide bonds. The van der Waals surface area contributed by atoms with E-state index in [-0.39, 0.29) is 23.9 Å². The van der Waals surface area contributed by atoms with Gasteiger partial charge in [0.15, 0.2) is 5.78 Å². The number of ketones is 1. The average Bonchev–Trinajstić information content (AvgIpc) is 2.95. The number of hydrogen-bond donors (Lipinski definition) is 0. The summed E-state index contributed by atoms with van der Waals surface area (Å²) in [6.45, 7) is 4.33. The molecule has 1 aliphatic rings. The number of sulfone groups is 1. The minimum Gasteiger partial charge on any atom is -0.332 e. The number of amides is 1. The van der Waals surface area contributed by atoms with E-state index < -0.39 is 15.9 Å². The third-order valence-electron chi connectivity index (χ3n) is 4.22. The first-order chi connectivity index (χ1) is 10.7. The van der Waals surface area contributed by atoms with Crippen molar-refractivity contribution in [2.45, 2.75) is 39.2 Å².